The lowest BCUT2D eigenvalue weighted by Crippen LogP contribution is -2.20. The summed E-state index contributed by atoms with van der Waals surface area (Å²) in [5.74, 6) is 0.898. The first-order chi connectivity index (χ1) is 12.2. The van der Waals surface area contributed by atoms with Crippen LogP contribution in [0.1, 0.15) is 18.1 Å². The maximum Gasteiger partial charge on any atom is 0.258 e. The van der Waals surface area contributed by atoms with E-state index < -0.39 is 0 Å². The smallest absolute Gasteiger partial charge is 0.258 e. The van der Waals surface area contributed by atoms with Crippen LogP contribution in [0.2, 0.25) is 0 Å². The van der Waals surface area contributed by atoms with Crippen molar-refractivity contribution < 1.29 is 9.53 Å². The maximum atomic E-state index is 12.7. The van der Waals surface area contributed by atoms with E-state index in [1.807, 2.05) is 68.6 Å². The van der Waals surface area contributed by atoms with Gasteiger partial charge >= 0.3 is 0 Å². The van der Waals surface area contributed by atoms with E-state index in [4.69, 9.17) is 4.74 Å². The van der Waals surface area contributed by atoms with Gasteiger partial charge in [0.05, 0.1) is 12.3 Å². The summed E-state index contributed by atoms with van der Waals surface area (Å²) < 4.78 is 5.74. The standard InChI is InChI=1S/C22H19NO2/c1-3-25-21-13-12-15(16-8-4-5-10-18(16)21)14-19-17-9-6-7-11-20(17)23(2)22(19)24/h4-14H,3H2,1-2H3/b19-14-. The minimum absolute atomic E-state index is 0.0270. The maximum absolute atomic E-state index is 12.7. The summed E-state index contributed by atoms with van der Waals surface area (Å²) in [5.41, 5.74) is 3.68. The van der Waals surface area contributed by atoms with Crippen molar-refractivity contribution in [3.05, 3.63) is 71.8 Å². The molecule has 0 aromatic heterocycles. The number of benzene rings is 3. The van der Waals surface area contributed by atoms with Gasteiger partial charge in [0.15, 0.2) is 0 Å². The molecule has 3 nitrogen and oxygen atoms in total. The average molecular weight is 329 g/mol. The van der Waals surface area contributed by atoms with Gasteiger partial charge < -0.3 is 9.64 Å². The molecule has 0 spiro atoms. The van der Waals surface area contributed by atoms with Gasteiger partial charge in [0.25, 0.3) is 5.91 Å². The topological polar surface area (TPSA) is 29.5 Å². The fourth-order valence-electron chi connectivity index (χ4n) is 3.40. The fraction of sp³-hybridized carbons (Fsp3) is 0.136. The SMILES string of the molecule is CCOc1ccc(/C=C2\C(=O)N(C)c3ccccc32)c2ccccc12. The lowest BCUT2D eigenvalue weighted by Gasteiger charge is -2.10. The number of hydrogen-bond donors (Lipinski definition) is 0. The Labute approximate surface area is 147 Å². The first-order valence-corrected chi connectivity index (χ1v) is 8.44. The quantitative estimate of drug-likeness (QED) is 0.649. The molecule has 3 aromatic rings. The van der Waals surface area contributed by atoms with Gasteiger partial charge in [-0.25, -0.2) is 0 Å². The van der Waals surface area contributed by atoms with E-state index in [0.717, 1.165) is 38.9 Å². The molecule has 1 heterocycles. The molecule has 3 aromatic carbocycles. The Balaban J connectivity index is 1.91. The lowest BCUT2D eigenvalue weighted by molar-refractivity contribution is -0.112. The fourth-order valence-corrected chi connectivity index (χ4v) is 3.40. The summed E-state index contributed by atoms with van der Waals surface area (Å²) in [5, 5.41) is 2.14. The Morgan fingerprint density at radius 2 is 1.68 bits per heavy atom. The first-order valence-electron chi connectivity index (χ1n) is 8.44. The molecule has 0 saturated carbocycles. The molecule has 0 N–H and O–H groups in total. The van der Waals surface area contributed by atoms with Gasteiger partial charge in [-0.1, -0.05) is 48.5 Å². The normalized spacial score (nSPS) is 15.0. The van der Waals surface area contributed by atoms with Crippen LogP contribution in [0.15, 0.2) is 60.7 Å². The summed E-state index contributed by atoms with van der Waals surface area (Å²) in [6.07, 6.45) is 1.99. The highest BCUT2D eigenvalue weighted by molar-refractivity contribution is 6.36. The van der Waals surface area contributed by atoms with Crippen molar-refractivity contribution in [2.45, 2.75) is 6.92 Å². The van der Waals surface area contributed by atoms with Crippen molar-refractivity contribution in [1.29, 1.82) is 0 Å². The predicted molar refractivity (Wildman–Crippen MR) is 103 cm³/mol. The molecule has 25 heavy (non-hydrogen) atoms. The third kappa shape index (κ3) is 2.49. The number of amides is 1. The van der Waals surface area contributed by atoms with Gasteiger partial charge in [0, 0.05) is 23.6 Å². The van der Waals surface area contributed by atoms with Crippen LogP contribution in [0, 0.1) is 0 Å². The lowest BCUT2D eigenvalue weighted by atomic mass is 9.99. The molecule has 0 saturated heterocycles. The number of hydrogen-bond acceptors (Lipinski definition) is 2. The van der Waals surface area contributed by atoms with Gasteiger partial charge in [-0.05, 0) is 36.1 Å². The van der Waals surface area contributed by atoms with Crippen LogP contribution in [0.4, 0.5) is 5.69 Å². The summed E-state index contributed by atoms with van der Waals surface area (Å²) in [6, 6.07) is 20.0. The minimum atomic E-state index is 0.0270. The third-order valence-electron chi connectivity index (χ3n) is 4.61. The first kappa shape index (κ1) is 15.5. The van der Waals surface area contributed by atoms with Crippen LogP contribution in [-0.2, 0) is 4.79 Å². The number of likely N-dealkylation sites (N-methyl/N-ethyl adjacent to an activating group) is 1. The monoisotopic (exact) mass is 329 g/mol. The molecule has 4 rings (SSSR count). The highest BCUT2D eigenvalue weighted by atomic mass is 16.5. The average Bonchev–Trinajstić information content (AvgIpc) is 2.89. The Kier molecular flexibility index (Phi) is 3.77. The van der Waals surface area contributed by atoms with Gasteiger partial charge in [0.1, 0.15) is 5.75 Å². The summed E-state index contributed by atoms with van der Waals surface area (Å²) in [4.78, 5) is 14.4. The molecule has 0 fully saturated rings. The minimum Gasteiger partial charge on any atom is -0.493 e. The van der Waals surface area contributed by atoms with Crippen molar-refractivity contribution in [2.24, 2.45) is 0 Å². The molecular formula is C22H19NO2. The van der Waals surface area contributed by atoms with Crippen LogP contribution in [-0.4, -0.2) is 19.6 Å². The predicted octanol–water partition coefficient (Wildman–Crippen LogP) is 4.76. The zero-order chi connectivity index (χ0) is 17.4. The second-order valence-corrected chi connectivity index (χ2v) is 6.07. The molecule has 0 aliphatic carbocycles. The van der Waals surface area contributed by atoms with E-state index in [9.17, 15) is 4.79 Å². The Morgan fingerprint density at radius 1 is 0.960 bits per heavy atom. The Morgan fingerprint density at radius 3 is 2.48 bits per heavy atom. The highest BCUT2D eigenvalue weighted by Crippen LogP contribution is 2.38. The summed E-state index contributed by atoms with van der Waals surface area (Å²) >= 11 is 0. The van der Waals surface area contributed by atoms with Crippen LogP contribution < -0.4 is 9.64 Å². The number of carbonyl (C=O) groups excluding carboxylic acids is 1. The zero-order valence-electron chi connectivity index (χ0n) is 14.3. The van der Waals surface area contributed by atoms with Gasteiger partial charge in [-0.2, -0.15) is 0 Å². The summed E-state index contributed by atoms with van der Waals surface area (Å²) in [7, 11) is 1.82. The molecule has 1 aliphatic heterocycles. The van der Waals surface area contributed by atoms with Crippen LogP contribution in [0.3, 0.4) is 0 Å². The van der Waals surface area contributed by atoms with Crippen LogP contribution in [0.25, 0.3) is 22.4 Å². The molecule has 0 atom stereocenters. The number of anilines is 1. The van der Waals surface area contributed by atoms with E-state index in [0.29, 0.717) is 6.61 Å². The molecular weight excluding hydrogens is 310 g/mol. The molecule has 1 aliphatic rings. The van der Waals surface area contributed by atoms with Crippen LogP contribution >= 0.6 is 0 Å². The van der Waals surface area contributed by atoms with E-state index in [2.05, 4.69) is 12.1 Å². The van der Waals surface area contributed by atoms with Crippen molar-refractivity contribution in [2.75, 3.05) is 18.6 Å². The van der Waals surface area contributed by atoms with Crippen molar-refractivity contribution in [1.82, 2.24) is 0 Å². The Bertz CT molecular complexity index is 1000. The molecule has 0 radical (unpaired) electrons. The largest absolute Gasteiger partial charge is 0.493 e. The van der Waals surface area contributed by atoms with Crippen molar-refractivity contribution >= 4 is 34.0 Å². The number of fused-ring (bicyclic) bond motifs is 2. The third-order valence-corrected chi connectivity index (χ3v) is 4.61. The van der Waals surface area contributed by atoms with Gasteiger partial charge in [-0.15, -0.1) is 0 Å². The Hall–Kier alpha value is -3.07. The molecule has 0 bridgehead atoms. The van der Waals surface area contributed by atoms with E-state index in [-0.39, 0.29) is 5.91 Å². The molecule has 1 amide bonds. The second-order valence-electron chi connectivity index (χ2n) is 6.07. The van der Waals surface area contributed by atoms with Gasteiger partial charge in [0.2, 0.25) is 0 Å². The van der Waals surface area contributed by atoms with Crippen molar-refractivity contribution in [3.8, 4) is 5.75 Å². The molecule has 3 heteroatoms. The molecule has 0 unspecified atom stereocenters. The number of nitrogens with zero attached hydrogens (tertiary/aromatic N) is 1. The number of para-hydroxylation sites is 1. The highest BCUT2D eigenvalue weighted by Gasteiger charge is 2.29. The van der Waals surface area contributed by atoms with E-state index in [1.165, 1.54) is 0 Å². The number of carbonyl (C=O) groups is 1. The second kappa shape index (κ2) is 6.10. The van der Waals surface area contributed by atoms with Crippen LogP contribution in [0.5, 0.6) is 5.75 Å². The number of rotatable bonds is 3. The molecule has 124 valence electrons. The van der Waals surface area contributed by atoms with Crippen molar-refractivity contribution in [3.63, 3.8) is 0 Å². The summed E-state index contributed by atoms with van der Waals surface area (Å²) in [6.45, 7) is 2.61. The zero-order valence-corrected chi connectivity index (χ0v) is 14.3. The number of ether oxygens (including phenoxy) is 1. The van der Waals surface area contributed by atoms with E-state index in [1.54, 1.807) is 4.90 Å². The van der Waals surface area contributed by atoms with Gasteiger partial charge in [-0.3, -0.25) is 4.79 Å². The van der Waals surface area contributed by atoms with E-state index >= 15 is 0 Å².